The van der Waals surface area contributed by atoms with Crippen LogP contribution < -0.4 is 10.9 Å². The fraction of sp³-hybridized carbons (Fsp3) is 0.333. The summed E-state index contributed by atoms with van der Waals surface area (Å²) in [5, 5.41) is 0.931. The van der Waals surface area contributed by atoms with Gasteiger partial charge in [-0.15, -0.1) is 11.3 Å². The summed E-state index contributed by atoms with van der Waals surface area (Å²) in [6.07, 6.45) is 2.26. The molecule has 0 spiro atoms. The quantitative estimate of drug-likeness (QED) is 0.661. The van der Waals surface area contributed by atoms with E-state index in [9.17, 15) is 9.59 Å². The molecule has 2 amide bonds. The minimum atomic E-state index is -0.342. The first-order valence-electron chi connectivity index (χ1n) is 9.30. The van der Waals surface area contributed by atoms with Crippen LogP contribution >= 0.6 is 11.3 Å². The van der Waals surface area contributed by atoms with Gasteiger partial charge in [0, 0.05) is 16.9 Å². The van der Waals surface area contributed by atoms with Crippen molar-refractivity contribution in [1.82, 2.24) is 20.8 Å². The second-order valence-corrected chi connectivity index (χ2v) is 8.40. The van der Waals surface area contributed by atoms with Crippen LogP contribution in [0.15, 0.2) is 18.2 Å². The van der Waals surface area contributed by atoms with Crippen LogP contribution in [0.25, 0.3) is 10.2 Å². The van der Waals surface area contributed by atoms with Gasteiger partial charge in [-0.05, 0) is 57.7 Å². The number of amides is 2. The van der Waals surface area contributed by atoms with E-state index in [-0.39, 0.29) is 11.8 Å². The van der Waals surface area contributed by atoms with Crippen LogP contribution in [0, 0.1) is 27.7 Å². The summed E-state index contributed by atoms with van der Waals surface area (Å²) in [5.74, 6) is 0.656. The highest BCUT2D eigenvalue weighted by Gasteiger charge is 2.28. The number of hydrogen-bond acceptors (Lipinski definition) is 5. The predicted octanol–water partition coefficient (Wildman–Crippen LogP) is 3.88. The van der Waals surface area contributed by atoms with Crippen LogP contribution in [0.3, 0.4) is 0 Å². The molecule has 4 rings (SSSR count). The lowest BCUT2D eigenvalue weighted by Crippen LogP contribution is -2.41. The normalized spacial score (nSPS) is 13.6. The number of hydrogen-bond donors (Lipinski definition) is 2. The van der Waals surface area contributed by atoms with E-state index >= 15 is 0 Å². The predicted molar refractivity (Wildman–Crippen MR) is 110 cm³/mol. The maximum Gasteiger partial charge on any atom is 0.280 e. The molecule has 0 aliphatic heterocycles. The average molecular weight is 395 g/mol. The topological polar surface area (TPSA) is 84.0 Å². The Morgan fingerprint density at radius 2 is 1.75 bits per heavy atom. The number of hydrazine groups is 1. The Labute approximate surface area is 167 Å². The molecule has 1 aliphatic rings. The van der Waals surface area contributed by atoms with Crippen LogP contribution in [-0.2, 0) is 0 Å². The maximum atomic E-state index is 12.7. The first-order chi connectivity index (χ1) is 13.3. The zero-order valence-corrected chi connectivity index (χ0v) is 17.2. The fourth-order valence-electron chi connectivity index (χ4n) is 3.41. The summed E-state index contributed by atoms with van der Waals surface area (Å²) in [4.78, 5) is 35.8. The number of fused-ring (bicyclic) bond motifs is 1. The molecule has 0 unspecified atom stereocenters. The number of nitrogens with one attached hydrogen (secondary N) is 2. The molecule has 2 heterocycles. The highest BCUT2D eigenvalue weighted by atomic mass is 32.1. The molecule has 2 N–H and O–H groups in total. The number of aryl methyl sites for hydroxylation is 4. The van der Waals surface area contributed by atoms with Crippen LogP contribution in [0.4, 0.5) is 0 Å². The van der Waals surface area contributed by atoms with Gasteiger partial charge in [0.2, 0.25) is 0 Å². The number of rotatable bonds is 3. The Morgan fingerprint density at radius 1 is 1.04 bits per heavy atom. The summed E-state index contributed by atoms with van der Waals surface area (Å²) < 4.78 is 0. The highest BCUT2D eigenvalue weighted by Crippen LogP contribution is 2.40. The number of aromatic nitrogens is 2. The number of thiophene rings is 1. The lowest BCUT2D eigenvalue weighted by molar-refractivity contribution is 0.0848. The maximum absolute atomic E-state index is 12.7. The zero-order valence-electron chi connectivity index (χ0n) is 16.3. The molecule has 0 atom stereocenters. The summed E-state index contributed by atoms with van der Waals surface area (Å²) in [6, 6.07) is 5.57. The monoisotopic (exact) mass is 394 g/mol. The highest BCUT2D eigenvalue weighted by molar-refractivity contribution is 7.20. The van der Waals surface area contributed by atoms with Crippen LogP contribution in [0.5, 0.6) is 0 Å². The van der Waals surface area contributed by atoms with Gasteiger partial charge in [-0.1, -0.05) is 17.7 Å². The molecule has 6 nitrogen and oxygen atoms in total. The Balaban J connectivity index is 1.54. The molecular weight excluding hydrogens is 372 g/mol. The van der Waals surface area contributed by atoms with Crippen molar-refractivity contribution in [2.24, 2.45) is 0 Å². The van der Waals surface area contributed by atoms with Crippen molar-refractivity contribution >= 4 is 33.4 Å². The van der Waals surface area contributed by atoms with E-state index < -0.39 is 0 Å². The van der Waals surface area contributed by atoms with Crippen molar-refractivity contribution < 1.29 is 9.59 Å². The van der Waals surface area contributed by atoms with Gasteiger partial charge in [0.05, 0.1) is 10.6 Å². The van der Waals surface area contributed by atoms with Crippen LogP contribution in [0.1, 0.15) is 67.0 Å². The van der Waals surface area contributed by atoms with Crippen molar-refractivity contribution in [3.8, 4) is 0 Å². The number of benzene rings is 1. The number of nitrogens with zero attached hydrogens (tertiary/aromatic N) is 2. The van der Waals surface area contributed by atoms with E-state index in [2.05, 4.69) is 20.8 Å². The molecular formula is C21H22N4O2S. The van der Waals surface area contributed by atoms with Gasteiger partial charge in [0.25, 0.3) is 11.8 Å². The van der Waals surface area contributed by atoms with Crippen molar-refractivity contribution in [3.05, 3.63) is 56.8 Å². The first kappa shape index (κ1) is 18.6. The lowest BCUT2D eigenvalue weighted by Gasteiger charge is -2.09. The third kappa shape index (κ3) is 3.38. The van der Waals surface area contributed by atoms with Gasteiger partial charge in [-0.3, -0.25) is 20.4 Å². The van der Waals surface area contributed by atoms with Gasteiger partial charge < -0.3 is 0 Å². The van der Waals surface area contributed by atoms with Gasteiger partial charge in [-0.2, -0.15) is 0 Å². The molecule has 28 heavy (non-hydrogen) atoms. The molecule has 2 aromatic heterocycles. The van der Waals surface area contributed by atoms with Crippen molar-refractivity contribution in [2.75, 3.05) is 0 Å². The number of carbonyl (C=O) groups excluding carboxylic acids is 2. The van der Waals surface area contributed by atoms with Crippen LogP contribution in [0.2, 0.25) is 0 Å². The van der Waals surface area contributed by atoms with E-state index in [4.69, 9.17) is 0 Å². The van der Waals surface area contributed by atoms with E-state index in [1.807, 2.05) is 39.8 Å². The molecule has 1 aliphatic carbocycles. The Morgan fingerprint density at radius 3 is 2.43 bits per heavy atom. The summed E-state index contributed by atoms with van der Waals surface area (Å²) >= 11 is 1.34. The largest absolute Gasteiger partial charge is 0.280 e. The molecule has 1 fully saturated rings. The minimum Gasteiger partial charge on any atom is -0.267 e. The molecule has 0 bridgehead atoms. The van der Waals surface area contributed by atoms with Crippen molar-refractivity contribution in [2.45, 2.75) is 46.5 Å². The molecule has 0 saturated heterocycles. The zero-order chi connectivity index (χ0) is 20.0. The average Bonchev–Trinajstić information content (AvgIpc) is 3.43. The summed E-state index contributed by atoms with van der Waals surface area (Å²) in [6.45, 7) is 7.70. The summed E-state index contributed by atoms with van der Waals surface area (Å²) in [5.41, 5.74) is 9.28. The van der Waals surface area contributed by atoms with Crippen molar-refractivity contribution in [1.29, 1.82) is 0 Å². The standard InChI is InChI=1S/C21H22N4O2S/c1-10-5-8-15(11(2)9-10)19(26)24-25-20(27)17-12(3)16-13(4)22-18(14-6-7-14)23-21(16)28-17/h5,8-9,14H,6-7H2,1-4H3,(H,24,26)(H,25,27). The first-order valence-corrected chi connectivity index (χ1v) is 10.1. The number of carbonyl (C=O) groups is 2. The van der Waals surface area contributed by atoms with E-state index in [1.165, 1.54) is 11.3 Å². The van der Waals surface area contributed by atoms with Gasteiger partial charge in [0.15, 0.2) is 0 Å². The lowest BCUT2D eigenvalue weighted by atomic mass is 10.1. The van der Waals surface area contributed by atoms with Crippen molar-refractivity contribution in [3.63, 3.8) is 0 Å². The second-order valence-electron chi connectivity index (χ2n) is 7.40. The molecule has 144 valence electrons. The Hall–Kier alpha value is -2.80. The van der Waals surface area contributed by atoms with Crippen LogP contribution in [-0.4, -0.2) is 21.8 Å². The SMILES string of the molecule is Cc1ccc(C(=O)NNC(=O)c2sc3nc(C4CC4)nc(C)c3c2C)c(C)c1. The van der Waals surface area contributed by atoms with E-state index in [1.54, 1.807) is 6.07 Å². The molecule has 3 aromatic rings. The fourth-order valence-corrected chi connectivity index (χ4v) is 4.54. The Bertz CT molecular complexity index is 1120. The second kappa shape index (κ2) is 6.98. The third-order valence-electron chi connectivity index (χ3n) is 5.05. The van der Waals surface area contributed by atoms with Gasteiger partial charge in [0.1, 0.15) is 10.7 Å². The van der Waals surface area contributed by atoms with E-state index in [0.717, 1.165) is 51.3 Å². The molecule has 1 saturated carbocycles. The molecule has 0 radical (unpaired) electrons. The van der Waals surface area contributed by atoms with Gasteiger partial charge >= 0.3 is 0 Å². The van der Waals surface area contributed by atoms with E-state index in [0.29, 0.717) is 16.4 Å². The smallest absolute Gasteiger partial charge is 0.267 e. The molecule has 7 heteroatoms. The summed E-state index contributed by atoms with van der Waals surface area (Å²) in [7, 11) is 0. The molecule has 1 aromatic carbocycles. The Kier molecular flexibility index (Phi) is 4.63. The minimum absolute atomic E-state index is 0.336. The van der Waals surface area contributed by atoms with Gasteiger partial charge in [-0.25, -0.2) is 9.97 Å². The third-order valence-corrected chi connectivity index (χ3v) is 6.24.